The van der Waals surface area contributed by atoms with E-state index in [-0.39, 0.29) is 19.0 Å². The van der Waals surface area contributed by atoms with Gasteiger partial charge in [0.2, 0.25) is 0 Å². The number of alkyl halides is 2. The highest BCUT2D eigenvalue weighted by Gasteiger charge is 2.45. The molecule has 6 heteroatoms. The van der Waals surface area contributed by atoms with Gasteiger partial charge in [0.1, 0.15) is 11.6 Å². The van der Waals surface area contributed by atoms with E-state index in [1.165, 1.54) is 6.92 Å². The van der Waals surface area contributed by atoms with Gasteiger partial charge in [0.25, 0.3) is 0 Å². The van der Waals surface area contributed by atoms with E-state index in [0.717, 1.165) is 18.2 Å². The van der Waals surface area contributed by atoms with Crippen LogP contribution in [-0.2, 0) is 15.5 Å². The van der Waals surface area contributed by atoms with Gasteiger partial charge >= 0.3 is 11.9 Å². The Morgan fingerprint density at radius 1 is 1.28 bits per heavy atom. The average Bonchev–Trinajstić information content (AvgIpc) is 2.29. The van der Waals surface area contributed by atoms with Gasteiger partial charge in [-0.15, -0.1) is 0 Å². The number of hydrogen-bond acceptors (Lipinski definition) is 3. The van der Waals surface area contributed by atoms with E-state index in [2.05, 4.69) is 4.74 Å². The summed E-state index contributed by atoms with van der Waals surface area (Å²) in [5, 5.41) is 0. The fourth-order valence-electron chi connectivity index (χ4n) is 1.36. The van der Waals surface area contributed by atoms with Crippen LogP contribution in [-0.4, -0.2) is 19.2 Å². The first-order valence-corrected chi connectivity index (χ1v) is 5.41. The molecule has 0 amide bonds. The first kappa shape index (κ1) is 14.3. The third-order valence-corrected chi connectivity index (χ3v) is 2.11. The van der Waals surface area contributed by atoms with Crippen molar-refractivity contribution in [3.05, 3.63) is 29.6 Å². The largest absolute Gasteiger partial charge is 0.493 e. The minimum atomic E-state index is -3.87. The third kappa shape index (κ3) is 2.94. The van der Waals surface area contributed by atoms with Gasteiger partial charge in [0, 0.05) is 6.07 Å². The summed E-state index contributed by atoms with van der Waals surface area (Å²) in [6.07, 6.45) is 0. The molecule has 0 N–H and O–H groups in total. The summed E-state index contributed by atoms with van der Waals surface area (Å²) < 4.78 is 49.7. The van der Waals surface area contributed by atoms with Gasteiger partial charge in [0.15, 0.2) is 0 Å². The fourth-order valence-corrected chi connectivity index (χ4v) is 1.36. The van der Waals surface area contributed by atoms with Gasteiger partial charge in [-0.05, 0) is 26.0 Å². The number of benzene rings is 1. The number of halogens is 3. The lowest BCUT2D eigenvalue weighted by atomic mass is 10.1. The van der Waals surface area contributed by atoms with Gasteiger partial charge in [-0.2, -0.15) is 8.78 Å². The van der Waals surface area contributed by atoms with Crippen LogP contribution in [0.2, 0.25) is 0 Å². The molecule has 0 fully saturated rings. The van der Waals surface area contributed by atoms with E-state index < -0.39 is 23.3 Å². The Morgan fingerprint density at radius 2 is 1.94 bits per heavy atom. The summed E-state index contributed by atoms with van der Waals surface area (Å²) >= 11 is 0. The SMILES string of the molecule is CCOC(=O)C(F)(F)c1ccc(F)cc1OCC. The summed E-state index contributed by atoms with van der Waals surface area (Å²) in [5.41, 5.74) is -0.704. The lowest BCUT2D eigenvalue weighted by molar-refractivity contribution is -0.173. The molecule has 3 nitrogen and oxygen atoms in total. The van der Waals surface area contributed by atoms with Crippen molar-refractivity contribution in [1.82, 2.24) is 0 Å². The van der Waals surface area contributed by atoms with Crippen molar-refractivity contribution >= 4 is 5.97 Å². The van der Waals surface area contributed by atoms with Crippen LogP contribution in [0, 0.1) is 5.82 Å². The van der Waals surface area contributed by atoms with Crippen LogP contribution in [0.4, 0.5) is 13.2 Å². The van der Waals surface area contributed by atoms with Crippen molar-refractivity contribution in [1.29, 1.82) is 0 Å². The van der Waals surface area contributed by atoms with Gasteiger partial charge < -0.3 is 9.47 Å². The molecular formula is C12H13F3O3. The Bertz CT molecular complexity index is 433. The first-order valence-electron chi connectivity index (χ1n) is 5.41. The van der Waals surface area contributed by atoms with Gasteiger partial charge in [0.05, 0.1) is 18.8 Å². The van der Waals surface area contributed by atoms with Crippen molar-refractivity contribution in [2.45, 2.75) is 19.8 Å². The zero-order valence-electron chi connectivity index (χ0n) is 10.0. The monoisotopic (exact) mass is 262 g/mol. The summed E-state index contributed by atoms with van der Waals surface area (Å²) in [6.45, 7) is 2.90. The zero-order valence-corrected chi connectivity index (χ0v) is 10.0. The molecule has 0 aliphatic rings. The molecule has 100 valence electrons. The molecular weight excluding hydrogens is 249 g/mol. The van der Waals surface area contributed by atoms with Crippen molar-refractivity contribution in [2.24, 2.45) is 0 Å². The topological polar surface area (TPSA) is 35.5 Å². The normalized spacial score (nSPS) is 11.2. The molecule has 1 aromatic rings. The molecule has 0 saturated heterocycles. The zero-order chi connectivity index (χ0) is 13.8. The number of esters is 1. The Morgan fingerprint density at radius 3 is 2.50 bits per heavy atom. The van der Waals surface area contributed by atoms with E-state index in [1.54, 1.807) is 6.92 Å². The average molecular weight is 262 g/mol. The van der Waals surface area contributed by atoms with Crippen molar-refractivity contribution in [2.75, 3.05) is 13.2 Å². The van der Waals surface area contributed by atoms with E-state index >= 15 is 0 Å². The molecule has 18 heavy (non-hydrogen) atoms. The highest BCUT2D eigenvalue weighted by Crippen LogP contribution is 2.36. The van der Waals surface area contributed by atoms with Crippen molar-refractivity contribution < 1.29 is 27.4 Å². The fraction of sp³-hybridized carbons (Fsp3) is 0.417. The smallest absolute Gasteiger partial charge is 0.382 e. The van der Waals surface area contributed by atoms with Crippen LogP contribution in [0.5, 0.6) is 5.75 Å². The van der Waals surface area contributed by atoms with Crippen LogP contribution >= 0.6 is 0 Å². The second-order valence-corrected chi connectivity index (χ2v) is 3.37. The highest BCUT2D eigenvalue weighted by molar-refractivity contribution is 5.80. The van der Waals surface area contributed by atoms with E-state index in [9.17, 15) is 18.0 Å². The summed E-state index contributed by atoms with van der Waals surface area (Å²) in [6, 6.07) is 2.47. The number of carbonyl (C=O) groups excluding carboxylic acids is 1. The molecule has 0 spiro atoms. The molecule has 1 aromatic carbocycles. The minimum absolute atomic E-state index is 0.0787. The minimum Gasteiger partial charge on any atom is -0.493 e. The molecule has 0 saturated carbocycles. The number of carbonyl (C=O) groups is 1. The molecule has 0 aliphatic heterocycles. The predicted octanol–water partition coefficient (Wildman–Crippen LogP) is 2.88. The Labute approximate surface area is 103 Å². The van der Waals surface area contributed by atoms with E-state index in [4.69, 9.17) is 4.74 Å². The molecule has 0 bridgehead atoms. The predicted molar refractivity (Wildman–Crippen MR) is 58.1 cm³/mol. The summed E-state index contributed by atoms with van der Waals surface area (Å²) in [7, 11) is 0. The third-order valence-electron chi connectivity index (χ3n) is 2.11. The molecule has 1 rings (SSSR count). The lowest BCUT2D eigenvalue weighted by Crippen LogP contribution is -2.29. The van der Waals surface area contributed by atoms with E-state index in [0.29, 0.717) is 0 Å². The summed E-state index contributed by atoms with van der Waals surface area (Å²) in [4.78, 5) is 11.2. The molecule has 0 heterocycles. The van der Waals surface area contributed by atoms with Crippen molar-refractivity contribution in [3.63, 3.8) is 0 Å². The molecule has 0 unspecified atom stereocenters. The van der Waals surface area contributed by atoms with Crippen molar-refractivity contribution in [3.8, 4) is 5.75 Å². The van der Waals surface area contributed by atoms with Crippen LogP contribution in [0.3, 0.4) is 0 Å². The Balaban J connectivity index is 3.17. The van der Waals surface area contributed by atoms with Gasteiger partial charge in [-0.25, -0.2) is 9.18 Å². The summed E-state index contributed by atoms with van der Waals surface area (Å²) in [5.74, 6) is -6.64. The Kier molecular flexibility index (Phi) is 4.58. The molecule has 0 radical (unpaired) electrons. The number of ether oxygens (including phenoxy) is 2. The van der Waals surface area contributed by atoms with E-state index in [1.807, 2.05) is 0 Å². The maximum atomic E-state index is 13.8. The molecule has 0 aromatic heterocycles. The highest BCUT2D eigenvalue weighted by atomic mass is 19.3. The molecule has 0 atom stereocenters. The standard InChI is InChI=1S/C12H13F3O3/c1-3-17-10-7-8(13)5-6-9(10)12(14,15)11(16)18-4-2/h5-7H,3-4H2,1-2H3. The Hall–Kier alpha value is -1.72. The van der Waals surface area contributed by atoms with Crippen LogP contribution in [0.1, 0.15) is 19.4 Å². The lowest BCUT2D eigenvalue weighted by Gasteiger charge is -2.18. The second-order valence-electron chi connectivity index (χ2n) is 3.37. The number of rotatable bonds is 5. The number of hydrogen-bond donors (Lipinski definition) is 0. The second kappa shape index (κ2) is 5.75. The quantitative estimate of drug-likeness (QED) is 0.765. The van der Waals surface area contributed by atoms with Crippen LogP contribution in [0.25, 0.3) is 0 Å². The van der Waals surface area contributed by atoms with Crippen LogP contribution < -0.4 is 4.74 Å². The molecule has 0 aliphatic carbocycles. The van der Waals surface area contributed by atoms with Gasteiger partial charge in [-0.1, -0.05) is 0 Å². The first-order chi connectivity index (χ1) is 8.43. The maximum Gasteiger partial charge on any atom is 0.382 e. The van der Waals surface area contributed by atoms with Crippen LogP contribution in [0.15, 0.2) is 18.2 Å². The maximum absolute atomic E-state index is 13.8. The van der Waals surface area contributed by atoms with Gasteiger partial charge in [-0.3, -0.25) is 0 Å².